The monoisotopic (exact) mass is 586 g/mol. The van der Waals surface area contributed by atoms with Crippen LogP contribution in [-0.2, 0) is 15.8 Å². The number of sulfonamides is 1. The maximum absolute atomic E-state index is 14.7. The molecule has 1 aliphatic heterocycles. The van der Waals surface area contributed by atoms with Gasteiger partial charge >= 0.3 is 0 Å². The summed E-state index contributed by atoms with van der Waals surface area (Å²) in [4.78, 5) is 22.8. The molecule has 0 aliphatic carbocycles. The Morgan fingerprint density at radius 1 is 1.15 bits per heavy atom. The third-order valence-electron chi connectivity index (χ3n) is 6.66. The molecule has 1 saturated heterocycles. The Morgan fingerprint density at radius 3 is 2.62 bits per heavy atom. The summed E-state index contributed by atoms with van der Waals surface area (Å²) >= 11 is 0. The minimum Gasteiger partial charge on any atom is -0.350 e. The van der Waals surface area contributed by atoms with Gasteiger partial charge in [-0.25, -0.2) is 17.8 Å². The van der Waals surface area contributed by atoms with Gasteiger partial charge in [0.2, 0.25) is 16.0 Å². The van der Waals surface area contributed by atoms with Crippen LogP contribution in [0.4, 0.5) is 16.0 Å². The SMILES string of the molecule is CC(C)n1c(=O)c(-c2ccc(F)c(NS(=O)(=O)Cc3ccccc3)c2)cc2cnc(N[C@H]3CCCNC3)nc21.Cl. The molecule has 3 N–H and O–H groups in total. The number of fused-ring (bicyclic) bond motifs is 1. The summed E-state index contributed by atoms with van der Waals surface area (Å²) in [5.74, 6) is -0.593. The molecule has 5 rings (SSSR count). The number of benzene rings is 2. The summed E-state index contributed by atoms with van der Waals surface area (Å²) in [5, 5.41) is 7.34. The number of aromatic nitrogens is 3. The van der Waals surface area contributed by atoms with Crippen molar-refractivity contribution in [3.63, 3.8) is 0 Å². The number of hydrogen-bond acceptors (Lipinski definition) is 7. The van der Waals surface area contributed by atoms with Crippen molar-refractivity contribution in [2.75, 3.05) is 23.1 Å². The van der Waals surface area contributed by atoms with Gasteiger partial charge in [0.05, 0.1) is 11.4 Å². The highest BCUT2D eigenvalue weighted by atomic mass is 35.5. The van der Waals surface area contributed by atoms with Crippen molar-refractivity contribution in [3.05, 3.63) is 82.5 Å². The molecule has 12 heteroatoms. The topological polar surface area (TPSA) is 118 Å². The van der Waals surface area contributed by atoms with Gasteiger partial charge in [0.15, 0.2) is 0 Å². The number of halogens is 2. The fourth-order valence-corrected chi connectivity index (χ4v) is 6.00. The molecule has 3 heterocycles. The molecule has 1 atom stereocenters. The second-order valence-electron chi connectivity index (χ2n) is 10.0. The second-order valence-corrected chi connectivity index (χ2v) is 11.8. The minimum absolute atomic E-state index is 0. The van der Waals surface area contributed by atoms with E-state index in [0.717, 1.165) is 32.0 Å². The smallest absolute Gasteiger partial charge is 0.260 e. The van der Waals surface area contributed by atoms with E-state index in [4.69, 9.17) is 0 Å². The van der Waals surface area contributed by atoms with Crippen LogP contribution >= 0.6 is 12.4 Å². The van der Waals surface area contributed by atoms with Crippen LogP contribution in [0.15, 0.2) is 65.6 Å². The Bertz CT molecular complexity index is 1660. The summed E-state index contributed by atoms with van der Waals surface area (Å²) in [7, 11) is -3.90. The zero-order chi connectivity index (χ0) is 27.6. The summed E-state index contributed by atoms with van der Waals surface area (Å²) in [5.41, 5.74) is 1.20. The Labute approximate surface area is 238 Å². The number of nitrogens with zero attached hydrogens (tertiary/aromatic N) is 3. The van der Waals surface area contributed by atoms with E-state index in [1.165, 1.54) is 12.1 Å². The van der Waals surface area contributed by atoms with E-state index >= 15 is 0 Å². The number of pyridine rings is 1. The highest BCUT2D eigenvalue weighted by Crippen LogP contribution is 2.27. The van der Waals surface area contributed by atoms with Crippen LogP contribution in [0.5, 0.6) is 0 Å². The fourth-order valence-electron chi connectivity index (χ4n) is 4.80. The molecule has 4 aromatic rings. The van der Waals surface area contributed by atoms with Gasteiger partial charge in [-0.05, 0) is 62.6 Å². The average molecular weight is 587 g/mol. The van der Waals surface area contributed by atoms with E-state index in [2.05, 4.69) is 25.3 Å². The van der Waals surface area contributed by atoms with Crippen LogP contribution < -0.4 is 20.9 Å². The molecule has 0 radical (unpaired) electrons. The maximum atomic E-state index is 14.7. The number of hydrogen-bond donors (Lipinski definition) is 3. The van der Waals surface area contributed by atoms with Gasteiger partial charge in [-0.1, -0.05) is 36.4 Å². The van der Waals surface area contributed by atoms with E-state index in [-0.39, 0.29) is 41.5 Å². The van der Waals surface area contributed by atoms with Gasteiger partial charge in [-0.2, -0.15) is 4.98 Å². The lowest BCUT2D eigenvalue weighted by Crippen LogP contribution is -2.38. The fraction of sp³-hybridized carbons (Fsp3) is 0.321. The standard InChI is InChI=1S/C28H31FN6O3S.ClH/c1-18(2)35-26-21(15-31-28(33-26)32-22-9-6-12-30-16-22)13-23(27(35)36)20-10-11-24(29)25(14-20)34-39(37,38)17-19-7-4-3-5-8-19;/h3-5,7-8,10-11,13-15,18,22,30,34H,6,9,12,16-17H2,1-2H3,(H,31,32,33);1H/t22-;/m0./s1. The first-order valence-electron chi connectivity index (χ1n) is 12.9. The highest BCUT2D eigenvalue weighted by Gasteiger charge is 2.20. The van der Waals surface area contributed by atoms with Crippen molar-refractivity contribution >= 4 is 45.1 Å². The third-order valence-corrected chi connectivity index (χ3v) is 7.91. The molecule has 1 fully saturated rings. The van der Waals surface area contributed by atoms with Crippen molar-refractivity contribution < 1.29 is 12.8 Å². The summed E-state index contributed by atoms with van der Waals surface area (Å²) in [6, 6.07) is 14.2. The largest absolute Gasteiger partial charge is 0.350 e. The summed E-state index contributed by atoms with van der Waals surface area (Å²) in [6.07, 6.45) is 3.73. The van der Waals surface area contributed by atoms with Crippen molar-refractivity contribution in [3.8, 4) is 11.1 Å². The lowest BCUT2D eigenvalue weighted by Gasteiger charge is -2.24. The van der Waals surface area contributed by atoms with Gasteiger partial charge < -0.3 is 10.6 Å². The molecule has 0 amide bonds. The second kappa shape index (κ2) is 12.3. The number of nitrogens with one attached hydrogen (secondary N) is 3. The molecular weight excluding hydrogens is 555 g/mol. The van der Waals surface area contributed by atoms with Gasteiger partial charge in [0, 0.05) is 35.8 Å². The zero-order valence-corrected chi connectivity index (χ0v) is 23.9. The lowest BCUT2D eigenvalue weighted by atomic mass is 10.0. The molecular formula is C28H32ClFN6O3S. The van der Waals surface area contributed by atoms with Crippen molar-refractivity contribution in [2.45, 2.75) is 44.5 Å². The van der Waals surface area contributed by atoms with Gasteiger partial charge in [0.25, 0.3) is 5.56 Å². The van der Waals surface area contributed by atoms with Crippen LogP contribution in [0.3, 0.4) is 0 Å². The molecule has 0 saturated carbocycles. The number of rotatable bonds is 8. The Hall–Kier alpha value is -3.54. The molecule has 2 aromatic carbocycles. The van der Waals surface area contributed by atoms with Crippen LogP contribution in [0.2, 0.25) is 0 Å². The molecule has 212 valence electrons. The maximum Gasteiger partial charge on any atom is 0.260 e. The first kappa shape index (κ1) is 29.4. The molecule has 0 spiro atoms. The Morgan fingerprint density at radius 2 is 1.93 bits per heavy atom. The first-order chi connectivity index (χ1) is 18.7. The predicted molar refractivity (Wildman–Crippen MR) is 159 cm³/mol. The lowest BCUT2D eigenvalue weighted by molar-refractivity contribution is 0.478. The first-order valence-corrected chi connectivity index (χ1v) is 14.6. The quantitative estimate of drug-likeness (QED) is 0.274. The van der Waals surface area contributed by atoms with Crippen molar-refractivity contribution in [1.29, 1.82) is 0 Å². The van der Waals surface area contributed by atoms with Crippen LogP contribution in [0.25, 0.3) is 22.2 Å². The summed E-state index contributed by atoms with van der Waals surface area (Å²) in [6.45, 7) is 5.59. The Balaban J connectivity index is 0.00000370. The van der Waals surface area contributed by atoms with Gasteiger partial charge in [-0.3, -0.25) is 14.1 Å². The van der Waals surface area contributed by atoms with Crippen LogP contribution in [-0.4, -0.2) is 42.1 Å². The highest BCUT2D eigenvalue weighted by molar-refractivity contribution is 7.91. The van der Waals surface area contributed by atoms with E-state index < -0.39 is 15.8 Å². The molecule has 0 unspecified atom stereocenters. The van der Waals surface area contributed by atoms with E-state index in [0.29, 0.717) is 33.7 Å². The van der Waals surface area contributed by atoms with Crippen LogP contribution in [0, 0.1) is 5.82 Å². The van der Waals surface area contributed by atoms with E-state index in [9.17, 15) is 17.6 Å². The van der Waals surface area contributed by atoms with E-state index in [1.54, 1.807) is 47.2 Å². The summed E-state index contributed by atoms with van der Waals surface area (Å²) < 4.78 is 44.1. The minimum atomic E-state index is -3.90. The molecule has 9 nitrogen and oxygen atoms in total. The van der Waals surface area contributed by atoms with Crippen LogP contribution in [0.1, 0.15) is 38.3 Å². The van der Waals surface area contributed by atoms with Gasteiger partial charge in [0.1, 0.15) is 11.5 Å². The van der Waals surface area contributed by atoms with Crippen molar-refractivity contribution in [2.24, 2.45) is 0 Å². The normalized spacial score (nSPS) is 15.6. The molecule has 1 aliphatic rings. The molecule has 40 heavy (non-hydrogen) atoms. The number of piperidine rings is 1. The molecule has 2 aromatic heterocycles. The van der Waals surface area contributed by atoms with E-state index in [1.807, 2.05) is 13.8 Å². The van der Waals surface area contributed by atoms with Gasteiger partial charge in [-0.15, -0.1) is 12.4 Å². The molecule has 0 bridgehead atoms. The number of anilines is 2. The Kier molecular flexibility index (Phi) is 9.07. The predicted octanol–water partition coefficient (Wildman–Crippen LogP) is 4.71. The zero-order valence-electron chi connectivity index (χ0n) is 22.2. The third kappa shape index (κ3) is 6.60. The average Bonchev–Trinajstić information content (AvgIpc) is 2.90. The van der Waals surface area contributed by atoms with Crippen molar-refractivity contribution in [1.82, 2.24) is 19.9 Å².